The highest BCUT2D eigenvalue weighted by molar-refractivity contribution is 8.26. The van der Waals surface area contributed by atoms with Gasteiger partial charge in [-0.2, -0.15) is 0 Å². The highest BCUT2D eigenvalue weighted by Crippen LogP contribution is 2.31. The summed E-state index contributed by atoms with van der Waals surface area (Å²) in [5, 5.41) is 0. The Hall–Kier alpha value is -2.31. The second kappa shape index (κ2) is 10.6. The summed E-state index contributed by atoms with van der Waals surface area (Å²) in [7, 11) is 1.69. The third-order valence-electron chi connectivity index (χ3n) is 5.03. The van der Waals surface area contributed by atoms with Crippen molar-refractivity contribution in [2.75, 3.05) is 20.3 Å². The number of hydrogen-bond acceptors (Lipinski definition) is 5. The first-order valence-corrected chi connectivity index (χ1v) is 11.4. The summed E-state index contributed by atoms with van der Waals surface area (Å²) in [6, 6.07) is 16.0. The van der Waals surface area contributed by atoms with E-state index in [0.29, 0.717) is 28.4 Å². The molecule has 0 spiro atoms. The Labute approximate surface area is 188 Å². The van der Waals surface area contributed by atoms with Crippen molar-refractivity contribution < 1.29 is 14.3 Å². The zero-order valence-electron chi connectivity index (χ0n) is 17.6. The van der Waals surface area contributed by atoms with Gasteiger partial charge in [0.25, 0.3) is 5.91 Å². The number of amides is 1. The predicted octanol–water partition coefficient (Wildman–Crippen LogP) is 5.88. The normalized spacial score (nSPS) is 16.2. The predicted molar refractivity (Wildman–Crippen MR) is 128 cm³/mol. The Kier molecular flexibility index (Phi) is 7.94. The van der Waals surface area contributed by atoms with Crippen LogP contribution < -0.4 is 9.47 Å². The lowest BCUT2D eigenvalue weighted by Gasteiger charge is -2.11. The number of nitrogens with zero attached hydrogens (tertiary/aromatic N) is 1. The van der Waals surface area contributed by atoms with Gasteiger partial charge in [-0.15, -0.1) is 0 Å². The minimum Gasteiger partial charge on any atom is -0.493 e. The standard InChI is InChI=1S/C24H27NO3S2/c1-4-17(2)19-9-11-20(12-10-19)27-13-6-14-28-21-8-5-7-18(15-21)16-22-23(26)25(3)24(29)30-22/h5,7-12,15-17H,4,6,13-14H2,1-3H3/b22-16+/t17-/m1/s1. The Bertz CT molecular complexity index is 924. The Morgan fingerprint density at radius 3 is 2.43 bits per heavy atom. The quantitative estimate of drug-likeness (QED) is 0.276. The molecule has 1 fully saturated rings. The van der Waals surface area contributed by atoms with Crippen LogP contribution in [-0.4, -0.2) is 35.4 Å². The molecule has 4 nitrogen and oxygen atoms in total. The van der Waals surface area contributed by atoms with Crippen LogP contribution >= 0.6 is 24.0 Å². The van der Waals surface area contributed by atoms with E-state index >= 15 is 0 Å². The van der Waals surface area contributed by atoms with Gasteiger partial charge in [-0.05, 0) is 53.8 Å². The van der Waals surface area contributed by atoms with Gasteiger partial charge in [-0.25, -0.2) is 0 Å². The summed E-state index contributed by atoms with van der Waals surface area (Å²) in [5.74, 6) is 2.17. The van der Waals surface area contributed by atoms with Crippen molar-refractivity contribution in [3.05, 3.63) is 64.6 Å². The second-order valence-electron chi connectivity index (χ2n) is 7.24. The summed E-state index contributed by atoms with van der Waals surface area (Å²) >= 11 is 6.49. The second-order valence-corrected chi connectivity index (χ2v) is 8.92. The molecule has 1 amide bonds. The third-order valence-corrected chi connectivity index (χ3v) is 6.51. The summed E-state index contributed by atoms with van der Waals surface area (Å²) in [5.41, 5.74) is 2.26. The third kappa shape index (κ3) is 5.86. The number of ether oxygens (including phenoxy) is 2. The molecule has 1 aliphatic rings. The average Bonchev–Trinajstić information content (AvgIpc) is 3.00. The van der Waals surface area contributed by atoms with Gasteiger partial charge in [-0.1, -0.05) is 62.1 Å². The van der Waals surface area contributed by atoms with E-state index in [-0.39, 0.29) is 5.91 Å². The fourth-order valence-electron chi connectivity index (χ4n) is 2.96. The SMILES string of the molecule is CC[C@@H](C)c1ccc(OCCCOc2cccc(/C=C3/SC(=S)N(C)C3=O)c2)cc1. The number of thiocarbonyl (C=S) groups is 1. The highest BCUT2D eigenvalue weighted by Gasteiger charge is 2.28. The first-order chi connectivity index (χ1) is 14.5. The lowest BCUT2D eigenvalue weighted by molar-refractivity contribution is -0.121. The number of rotatable bonds is 9. The van der Waals surface area contributed by atoms with Gasteiger partial charge < -0.3 is 9.47 Å². The van der Waals surface area contributed by atoms with Crippen molar-refractivity contribution >= 4 is 40.3 Å². The zero-order valence-corrected chi connectivity index (χ0v) is 19.2. The summed E-state index contributed by atoms with van der Waals surface area (Å²) in [4.78, 5) is 14.3. The van der Waals surface area contributed by atoms with Gasteiger partial charge in [0.05, 0.1) is 18.1 Å². The fraction of sp³-hybridized carbons (Fsp3) is 0.333. The topological polar surface area (TPSA) is 38.8 Å². The molecule has 0 aliphatic carbocycles. The fourth-order valence-corrected chi connectivity index (χ4v) is 4.14. The van der Waals surface area contributed by atoms with E-state index in [4.69, 9.17) is 21.7 Å². The maximum atomic E-state index is 12.1. The van der Waals surface area contributed by atoms with Gasteiger partial charge in [0.2, 0.25) is 0 Å². The molecule has 6 heteroatoms. The number of hydrogen-bond donors (Lipinski definition) is 0. The molecule has 1 saturated heterocycles. The van der Waals surface area contributed by atoms with E-state index in [1.54, 1.807) is 7.05 Å². The molecule has 0 saturated carbocycles. The van der Waals surface area contributed by atoms with Crippen LogP contribution in [0.25, 0.3) is 6.08 Å². The molecule has 2 aromatic rings. The molecule has 158 valence electrons. The molecule has 0 N–H and O–H groups in total. The Morgan fingerprint density at radius 2 is 1.80 bits per heavy atom. The van der Waals surface area contributed by atoms with Gasteiger partial charge >= 0.3 is 0 Å². The molecular weight excluding hydrogens is 414 g/mol. The van der Waals surface area contributed by atoms with Crippen LogP contribution in [0, 0.1) is 0 Å². The highest BCUT2D eigenvalue weighted by atomic mass is 32.2. The molecule has 1 heterocycles. The lowest BCUT2D eigenvalue weighted by Crippen LogP contribution is -2.22. The smallest absolute Gasteiger partial charge is 0.265 e. The van der Waals surface area contributed by atoms with Crippen molar-refractivity contribution in [1.82, 2.24) is 4.90 Å². The average molecular weight is 442 g/mol. The lowest BCUT2D eigenvalue weighted by atomic mass is 9.99. The van der Waals surface area contributed by atoms with Crippen LogP contribution in [0.5, 0.6) is 11.5 Å². The summed E-state index contributed by atoms with van der Waals surface area (Å²) < 4.78 is 12.2. The maximum Gasteiger partial charge on any atom is 0.265 e. The molecule has 1 aliphatic heterocycles. The van der Waals surface area contributed by atoms with Gasteiger partial charge in [-0.3, -0.25) is 9.69 Å². The minimum absolute atomic E-state index is 0.0642. The van der Waals surface area contributed by atoms with E-state index in [2.05, 4.69) is 26.0 Å². The largest absolute Gasteiger partial charge is 0.493 e. The van der Waals surface area contributed by atoms with E-state index in [9.17, 15) is 4.79 Å². The summed E-state index contributed by atoms with van der Waals surface area (Å²) in [6.45, 7) is 5.59. The number of thioether (sulfide) groups is 1. The number of carbonyl (C=O) groups excluding carboxylic acids is 1. The van der Waals surface area contributed by atoms with E-state index in [0.717, 1.165) is 29.9 Å². The Morgan fingerprint density at radius 1 is 1.10 bits per heavy atom. The van der Waals surface area contributed by atoms with E-state index < -0.39 is 0 Å². The van der Waals surface area contributed by atoms with Gasteiger partial charge in [0, 0.05) is 13.5 Å². The molecular formula is C24H27NO3S2. The zero-order chi connectivity index (χ0) is 21.5. The first kappa shape index (κ1) is 22.4. The first-order valence-electron chi connectivity index (χ1n) is 10.1. The molecule has 3 rings (SSSR count). The molecule has 1 atom stereocenters. The molecule has 0 bridgehead atoms. The molecule has 0 aromatic heterocycles. The van der Waals surface area contributed by atoms with Crippen molar-refractivity contribution in [3.8, 4) is 11.5 Å². The molecule has 0 unspecified atom stereocenters. The van der Waals surface area contributed by atoms with Crippen LogP contribution in [0.3, 0.4) is 0 Å². The molecule has 0 radical (unpaired) electrons. The van der Waals surface area contributed by atoms with Crippen LogP contribution in [0.2, 0.25) is 0 Å². The van der Waals surface area contributed by atoms with Crippen molar-refractivity contribution in [3.63, 3.8) is 0 Å². The maximum absolute atomic E-state index is 12.1. The van der Waals surface area contributed by atoms with Crippen molar-refractivity contribution in [1.29, 1.82) is 0 Å². The minimum atomic E-state index is -0.0642. The van der Waals surface area contributed by atoms with Crippen molar-refractivity contribution in [2.45, 2.75) is 32.6 Å². The molecule has 2 aromatic carbocycles. The van der Waals surface area contributed by atoms with Crippen LogP contribution in [0.4, 0.5) is 0 Å². The number of benzene rings is 2. The van der Waals surface area contributed by atoms with Crippen molar-refractivity contribution in [2.24, 2.45) is 0 Å². The van der Waals surface area contributed by atoms with Gasteiger partial charge in [0.15, 0.2) is 0 Å². The summed E-state index contributed by atoms with van der Waals surface area (Å²) in [6.07, 6.45) is 3.77. The monoisotopic (exact) mass is 441 g/mol. The van der Waals surface area contributed by atoms with Gasteiger partial charge in [0.1, 0.15) is 15.8 Å². The van der Waals surface area contributed by atoms with E-state index in [1.165, 1.54) is 22.2 Å². The van der Waals surface area contributed by atoms with Crippen LogP contribution in [0.15, 0.2) is 53.4 Å². The number of likely N-dealkylation sites (N-methyl/N-ethyl adjacent to an activating group) is 1. The Balaban J connectivity index is 1.45. The molecule has 30 heavy (non-hydrogen) atoms. The van der Waals surface area contributed by atoms with Crippen LogP contribution in [0.1, 0.15) is 43.7 Å². The van der Waals surface area contributed by atoms with Crippen LogP contribution in [-0.2, 0) is 4.79 Å². The van der Waals surface area contributed by atoms with E-state index in [1.807, 2.05) is 42.5 Å². The number of carbonyl (C=O) groups is 1.